The standard InChI is InChI=1S/C11H9IO2/c1-6-9-5-8(12)3-4-10(9)14-11(6)7(2)13/h3-5H,1-2H3. The summed E-state index contributed by atoms with van der Waals surface area (Å²) in [5, 5.41) is 1.03. The minimum atomic E-state index is -0.0197. The largest absolute Gasteiger partial charge is 0.453 e. The van der Waals surface area contributed by atoms with Crippen LogP contribution in [-0.4, -0.2) is 5.78 Å². The van der Waals surface area contributed by atoms with Gasteiger partial charge in [-0.3, -0.25) is 4.79 Å². The van der Waals surface area contributed by atoms with Gasteiger partial charge in [0.15, 0.2) is 11.5 Å². The van der Waals surface area contributed by atoms with Crippen LogP contribution in [0.25, 0.3) is 11.0 Å². The van der Waals surface area contributed by atoms with Gasteiger partial charge < -0.3 is 4.42 Å². The summed E-state index contributed by atoms with van der Waals surface area (Å²) in [5.74, 6) is 0.454. The summed E-state index contributed by atoms with van der Waals surface area (Å²) in [6.45, 7) is 3.44. The van der Waals surface area contributed by atoms with Crippen LogP contribution in [-0.2, 0) is 0 Å². The molecular formula is C11H9IO2. The van der Waals surface area contributed by atoms with E-state index in [2.05, 4.69) is 22.6 Å². The highest BCUT2D eigenvalue weighted by Crippen LogP contribution is 2.26. The molecule has 0 saturated heterocycles. The molecule has 72 valence electrons. The fraction of sp³-hybridized carbons (Fsp3) is 0.182. The van der Waals surface area contributed by atoms with Gasteiger partial charge in [0, 0.05) is 21.4 Å². The zero-order valence-corrected chi connectivity index (χ0v) is 10.1. The van der Waals surface area contributed by atoms with E-state index in [4.69, 9.17) is 4.42 Å². The number of hydrogen-bond donors (Lipinski definition) is 0. The monoisotopic (exact) mass is 300 g/mol. The number of benzene rings is 1. The van der Waals surface area contributed by atoms with Crippen molar-refractivity contribution >= 4 is 39.3 Å². The second kappa shape index (κ2) is 3.38. The van der Waals surface area contributed by atoms with E-state index in [0.29, 0.717) is 5.76 Å². The number of Topliss-reactive ketones (excluding diaryl/α,β-unsaturated/α-hetero) is 1. The van der Waals surface area contributed by atoms with Gasteiger partial charge in [-0.25, -0.2) is 0 Å². The number of carbonyl (C=O) groups excluding carboxylic acids is 1. The van der Waals surface area contributed by atoms with Crippen molar-refractivity contribution in [3.8, 4) is 0 Å². The van der Waals surface area contributed by atoms with E-state index in [9.17, 15) is 4.79 Å². The van der Waals surface area contributed by atoms with Crippen LogP contribution in [0.5, 0.6) is 0 Å². The molecule has 0 unspecified atom stereocenters. The van der Waals surface area contributed by atoms with Crippen molar-refractivity contribution in [2.75, 3.05) is 0 Å². The molecule has 0 amide bonds. The predicted octanol–water partition coefficient (Wildman–Crippen LogP) is 3.55. The topological polar surface area (TPSA) is 30.2 Å². The summed E-state index contributed by atoms with van der Waals surface area (Å²) in [4.78, 5) is 11.2. The molecule has 14 heavy (non-hydrogen) atoms. The Balaban J connectivity index is 2.80. The highest BCUT2D eigenvalue weighted by atomic mass is 127. The van der Waals surface area contributed by atoms with Crippen molar-refractivity contribution in [1.29, 1.82) is 0 Å². The fourth-order valence-corrected chi connectivity index (χ4v) is 2.02. The van der Waals surface area contributed by atoms with Gasteiger partial charge in [-0.2, -0.15) is 0 Å². The first kappa shape index (κ1) is 9.71. The molecule has 3 heteroatoms. The van der Waals surface area contributed by atoms with Crippen molar-refractivity contribution in [3.05, 3.63) is 33.1 Å². The van der Waals surface area contributed by atoms with Gasteiger partial charge in [-0.15, -0.1) is 0 Å². The number of rotatable bonds is 1. The Labute approximate surface area is 95.4 Å². The highest BCUT2D eigenvalue weighted by Gasteiger charge is 2.13. The molecule has 1 aromatic carbocycles. The lowest BCUT2D eigenvalue weighted by molar-refractivity contribution is 0.0988. The van der Waals surface area contributed by atoms with Crippen molar-refractivity contribution in [2.24, 2.45) is 0 Å². The molecule has 0 saturated carbocycles. The van der Waals surface area contributed by atoms with E-state index >= 15 is 0 Å². The zero-order chi connectivity index (χ0) is 10.3. The van der Waals surface area contributed by atoms with E-state index in [0.717, 1.165) is 20.1 Å². The maximum Gasteiger partial charge on any atom is 0.195 e. The minimum Gasteiger partial charge on any atom is -0.453 e. The van der Waals surface area contributed by atoms with Crippen molar-refractivity contribution in [3.63, 3.8) is 0 Å². The van der Waals surface area contributed by atoms with Crippen LogP contribution in [0, 0.1) is 10.5 Å². The average molecular weight is 300 g/mol. The van der Waals surface area contributed by atoms with Crippen molar-refractivity contribution < 1.29 is 9.21 Å². The van der Waals surface area contributed by atoms with Crippen LogP contribution >= 0.6 is 22.6 Å². The van der Waals surface area contributed by atoms with Gasteiger partial charge in [-0.1, -0.05) is 0 Å². The van der Waals surface area contributed by atoms with Crippen LogP contribution in [0.4, 0.5) is 0 Å². The molecule has 0 radical (unpaired) electrons. The lowest BCUT2D eigenvalue weighted by Crippen LogP contribution is -1.90. The lowest BCUT2D eigenvalue weighted by atomic mass is 10.1. The molecule has 0 fully saturated rings. The maximum atomic E-state index is 11.2. The molecule has 0 bridgehead atoms. The maximum absolute atomic E-state index is 11.2. The Kier molecular flexibility index (Phi) is 2.34. The molecular weight excluding hydrogens is 291 g/mol. The summed E-state index contributed by atoms with van der Waals surface area (Å²) in [6.07, 6.45) is 0. The first-order chi connectivity index (χ1) is 6.59. The summed E-state index contributed by atoms with van der Waals surface area (Å²) >= 11 is 2.24. The molecule has 0 atom stereocenters. The summed E-state index contributed by atoms with van der Waals surface area (Å²) in [7, 11) is 0. The molecule has 1 heterocycles. The molecule has 0 N–H and O–H groups in total. The number of ketones is 1. The van der Waals surface area contributed by atoms with Crippen LogP contribution in [0.2, 0.25) is 0 Å². The number of furan rings is 1. The molecule has 2 rings (SSSR count). The highest BCUT2D eigenvalue weighted by molar-refractivity contribution is 14.1. The molecule has 0 aliphatic carbocycles. The van der Waals surface area contributed by atoms with Gasteiger partial charge in [0.05, 0.1) is 0 Å². The van der Waals surface area contributed by atoms with Gasteiger partial charge in [0.25, 0.3) is 0 Å². The van der Waals surface area contributed by atoms with Crippen LogP contribution in [0.1, 0.15) is 23.0 Å². The summed E-state index contributed by atoms with van der Waals surface area (Å²) in [6, 6.07) is 5.90. The first-order valence-electron chi connectivity index (χ1n) is 4.29. The molecule has 2 nitrogen and oxygen atoms in total. The number of aryl methyl sites for hydroxylation is 1. The van der Waals surface area contributed by atoms with E-state index < -0.39 is 0 Å². The minimum absolute atomic E-state index is 0.0197. The fourth-order valence-electron chi connectivity index (χ4n) is 1.53. The molecule has 0 aliphatic rings. The number of hydrogen-bond acceptors (Lipinski definition) is 2. The Morgan fingerprint density at radius 1 is 1.43 bits per heavy atom. The molecule has 0 spiro atoms. The third-order valence-electron chi connectivity index (χ3n) is 2.22. The average Bonchev–Trinajstić information content (AvgIpc) is 2.44. The van der Waals surface area contributed by atoms with Crippen LogP contribution in [0.3, 0.4) is 0 Å². The second-order valence-electron chi connectivity index (χ2n) is 3.25. The lowest BCUT2D eigenvalue weighted by Gasteiger charge is -1.90. The Morgan fingerprint density at radius 3 is 2.79 bits per heavy atom. The number of fused-ring (bicyclic) bond motifs is 1. The third-order valence-corrected chi connectivity index (χ3v) is 2.89. The number of carbonyl (C=O) groups is 1. The first-order valence-corrected chi connectivity index (χ1v) is 5.37. The van der Waals surface area contributed by atoms with Gasteiger partial charge >= 0.3 is 0 Å². The van der Waals surface area contributed by atoms with E-state index in [1.54, 1.807) is 0 Å². The Bertz CT molecular complexity index is 511. The summed E-state index contributed by atoms with van der Waals surface area (Å²) < 4.78 is 6.61. The molecule has 2 aromatic rings. The van der Waals surface area contributed by atoms with Crippen LogP contribution < -0.4 is 0 Å². The summed E-state index contributed by atoms with van der Waals surface area (Å²) in [5.41, 5.74) is 1.72. The van der Waals surface area contributed by atoms with Gasteiger partial charge in [0.1, 0.15) is 5.58 Å². The molecule has 0 aliphatic heterocycles. The Morgan fingerprint density at radius 2 is 2.14 bits per heavy atom. The van der Waals surface area contributed by atoms with E-state index in [1.165, 1.54) is 6.92 Å². The second-order valence-corrected chi connectivity index (χ2v) is 4.50. The zero-order valence-electron chi connectivity index (χ0n) is 7.93. The smallest absolute Gasteiger partial charge is 0.195 e. The number of halogens is 1. The van der Waals surface area contributed by atoms with Crippen molar-refractivity contribution in [1.82, 2.24) is 0 Å². The van der Waals surface area contributed by atoms with Gasteiger partial charge in [-0.05, 0) is 47.7 Å². The van der Waals surface area contributed by atoms with Crippen LogP contribution in [0.15, 0.2) is 22.6 Å². The van der Waals surface area contributed by atoms with E-state index in [-0.39, 0.29) is 5.78 Å². The Hall–Kier alpha value is -0.840. The normalized spacial score (nSPS) is 10.8. The van der Waals surface area contributed by atoms with Gasteiger partial charge in [0.2, 0.25) is 0 Å². The van der Waals surface area contributed by atoms with E-state index in [1.807, 2.05) is 25.1 Å². The predicted molar refractivity (Wildman–Crippen MR) is 63.7 cm³/mol. The quantitative estimate of drug-likeness (QED) is 0.595. The SMILES string of the molecule is CC(=O)c1oc2ccc(I)cc2c1C. The van der Waals surface area contributed by atoms with Crippen molar-refractivity contribution in [2.45, 2.75) is 13.8 Å². The third kappa shape index (κ3) is 1.45. The molecule has 1 aromatic heterocycles.